The molecule has 1 heterocycles. The number of hydrogen-bond donors (Lipinski definition) is 4. The lowest BCUT2D eigenvalue weighted by Gasteiger charge is -2.17. The standard InChI is InChI=1S/C13H22N4O3S.C10H15NO/c1-14-13(9-17(18)19)15-6-7-21-10-12-5-4-11(20-12)8-16(2)3;1-8(11-2)10(12)9-6-4-3-5-7-9/h4-5,9,14-15H,6-8,10H2,1-3H3;3-8,10-12H,1-2H3/b13-9-;/t;8-,10+/m.0/s1. The SMILES string of the molecule is CN/C(=C/[N+](=O)[O-])NCCSCc1ccc(CN(C)C)o1.CN[C@@H](C)[C@@H](O)c1ccccc1. The summed E-state index contributed by atoms with van der Waals surface area (Å²) in [6.07, 6.45) is 0.501. The van der Waals surface area contributed by atoms with Gasteiger partial charge in [-0.3, -0.25) is 10.1 Å². The molecule has 0 aliphatic carbocycles. The molecule has 0 aliphatic heterocycles. The maximum absolute atomic E-state index is 10.3. The average Bonchev–Trinajstić information content (AvgIpc) is 3.24. The number of nitrogens with one attached hydrogen (secondary N) is 3. The number of likely N-dealkylation sites (N-methyl/N-ethyl adjacent to an activating group) is 1. The fourth-order valence-electron chi connectivity index (χ4n) is 2.73. The van der Waals surface area contributed by atoms with Gasteiger partial charge in [0.2, 0.25) is 0 Å². The molecule has 4 N–H and O–H groups in total. The normalized spacial score (nSPS) is 13.1. The van der Waals surface area contributed by atoms with Crippen molar-refractivity contribution in [2.75, 3.05) is 40.5 Å². The largest absolute Gasteiger partial charge is 0.464 e. The van der Waals surface area contributed by atoms with Gasteiger partial charge in [0.25, 0.3) is 6.20 Å². The van der Waals surface area contributed by atoms with Crippen LogP contribution in [0.1, 0.15) is 30.1 Å². The van der Waals surface area contributed by atoms with E-state index in [-0.39, 0.29) is 6.04 Å². The van der Waals surface area contributed by atoms with Gasteiger partial charge in [-0.05, 0) is 45.8 Å². The molecule has 1 aromatic carbocycles. The Kier molecular flexibility index (Phi) is 13.9. The highest BCUT2D eigenvalue weighted by Gasteiger charge is 2.13. The monoisotopic (exact) mass is 479 g/mol. The summed E-state index contributed by atoms with van der Waals surface area (Å²) in [5.74, 6) is 3.95. The first kappa shape index (κ1) is 28.5. The third kappa shape index (κ3) is 12.3. The fourth-order valence-corrected chi connectivity index (χ4v) is 3.48. The van der Waals surface area contributed by atoms with Gasteiger partial charge in [0.05, 0.1) is 23.3 Å². The highest BCUT2D eigenvalue weighted by atomic mass is 32.2. The molecule has 0 amide bonds. The Balaban J connectivity index is 0.000000383. The molecule has 0 unspecified atom stereocenters. The maximum atomic E-state index is 10.3. The van der Waals surface area contributed by atoms with Crippen LogP contribution in [-0.4, -0.2) is 61.5 Å². The predicted octanol–water partition coefficient (Wildman–Crippen LogP) is 2.79. The van der Waals surface area contributed by atoms with Gasteiger partial charge in [0, 0.05) is 25.4 Å². The van der Waals surface area contributed by atoms with Crippen LogP contribution < -0.4 is 16.0 Å². The van der Waals surface area contributed by atoms with Crippen LogP contribution in [-0.2, 0) is 12.3 Å². The molecule has 0 fully saturated rings. The molecule has 2 atom stereocenters. The maximum Gasteiger partial charge on any atom is 0.274 e. The van der Waals surface area contributed by atoms with E-state index >= 15 is 0 Å². The number of benzene rings is 1. The van der Waals surface area contributed by atoms with Gasteiger partial charge in [-0.15, -0.1) is 0 Å². The van der Waals surface area contributed by atoms with Crippen molar-refractivity contribution in [2.24, 2.45) is 0 Å². The summed E-state index contributed by atoms with van der Waals surface area (Å²) in [4.78, 5) is 11.9. The van der Waals surface area contributed by atoms with Crippen molar-refractivity contribution in [1.29, 1.82) is 0 Å². The molecule has 0 saturated heterocycles. The molecule has 0 radical (unpaired) electrons. The Hall–Kier alpha value is -2.53. The topological polar surface area (TPSA) is 116 Å². The van der Waals surface area contributed by atoms with E-state index in [4.69, 9.17) is 4.42 Å². The summed E-state index contributed by atoms with van der Waals surface area (Å²) in [5, 5.41) is 28.8. The van der Waals surface area contributed by atoms with Gasteiger partial charge in [-0.1, -0.05) is 30.3 Å². The zero-order valence-electron chi connectivity index (χ0n) is 20.1. The van der Waals surface area contributed by atoms with E-state index in [9.17, 15) is 15.2 Å². The molecule has 184 valence electrons. The van der Waals surface area contributed by atoms with Crippen molar-refractivity contribution < 1.29 is 14.4 Å². The van der Waals surface area contributed by atoms with Gasteiger partial charge in [-0.2, -0.15) is 11.8 Å². The van der Waals surface area contributed by atoms with E-state index < -0.39 is 11.0 Å². The summed E-state index contributed by atoms with van der Waals surface area (Å²) in [6, 6.07) is 13.7. The quantitative estimate of drug-likeness (QED) is 0.195. The van der Waals surface area contributed by atoms with Gasteiger partial charge in [0.15, 0.2) is 5.82 Å². The highest BCUT2D eigenvalue weighted by molar-refractivity contribution is 7.98. The molecule has 2 rings (SSSR count). The Bertz CT molecular complexity index is 829. The predicted molar refractivity (Wildman–Crippen MR) is 134 cm³/mol. The molecule has 33 heavy (non-hydrogen) atoms. The van der Waals surface area contributed by atoms with Crippen LogP contribution in [0.2, 0.25) is 0 Å². The van der Waals surface area contributed by atoms with E-state index in [2.05, 4.69) is 20.9 Å². The minimum atomic E-state index is -0.485. The van der Waals surface area contributed by atoms with Crippen molar-refractivity contribution in [1.82, 2.24) is 20.9 Å². The van der Waals surface area contributed by atoms with E-state index in [0.29, 0.717) is 12.4 Å². The van der Waals surface area contributed by atoms with Crippen molar-refractivity contribution in [2.45, 2.75) is 31.4 Å². The molecule has 0 aliphatic rings. The first-order chi connectivity index (χ1) is 15.8. The summed E-state index contributed by atoms with van der Waals surface area (Å²) in [6.45, 7) is 3.40. The Morgan fingerprint density at radius 2 is 1.88 bits per heavy atom. The first-order valence-electron chi connectivity index (χ1n) is 10.7. The molecule has 2 aromatic rings. The fraction of sp³-hybridized carbons (Fsp3) is 0.478. The van der Waals surface area contributed by atoms with Crippen LogP contribution in [0.15, 0.2) is 58.9 Å². The zero-order valence-corrected chi connectivity index (χ0v) is 20.9. The van der Waals surface area contributed by atoms with Crippen LogP contribution in [0.5, 0.6) is 0 Å². The number of nitro groups is 1. The molecule has 0 saturated carbocycles. The molecule has 0 bridgehead atoms. The first-order valence-corrected chi connectivity index (χ1v) is 11.9. The number of rotatable bonds is 13. The molecule has 10 heteroatoms. The summed E-state index contributed by atoms with van der Waals surface area (Å²) >= 11 is 1.72. The van der Waals surface area contributed by atoms with Crippen LogP contribution >= 0.6 is 11.8 Å². The number of furan rings is 1. The van der Waals surface area contributed by atoms with Crippen molar-refractivity contribution in [3.05, 3.63) is 81.7 Å². The van der Waals surface area contributed by atoms with E-state index in [1.807, 2.05) is 70.5 Å². The summed E-state index contributed by atoms with van der Waals surface area (Å²) in [5.41, 5.74) is 0.958. The van der Waals surface area contributed by atoms with Gasteiger partial charge in [-0.25, -0.2) is 0 Å². The third-order valence-corrected chi connectivity index (χ3v) is 5.55. The Morgan fingerprint density at radius 1 is 1.21 bits per heavy atom. The van der Waals surface area contributed by atoms with Crippen LogP contribution in [0, 0.1) is 10.1 Å². The lowest BCUT2D eigenvalue weighted by atomic mass is 10.0. The summed E-state index contributed by atoms with van der Waals surface area (Å²) in [7, 11) is 7.49. The number of aliphatic hydroxyl groups excluding tert-OH is 1. The van der Waals surface area contributed by atoms with Crippen LogP contribution in [0.25, 0.3) is 0 Å². The van der Waals surface area contributed by atoms with Crippen molar-refractivity contribution in [3.63, 3.8) is 0 Å². The minimum absolute atomic E-state index is 0.0902. The molecular formula is C23H37N5O4S. The molecule has 9 nitrogen and oxygen atoms in total. The van der Waals surface area contributed by atoms with Crippen molar-refractivity contribution in [3.8, 4) is 0 Å². The average molecular weight is 480 g/mol. The number of nitrogens with zero attached hydrogens (tertiary/aromatic N) is 2. The lowest BCUT2D eigenvalue weighted by molar-refractivity contribution is -0.404. The van der Waals surface area contributed by atoms with Gasteiger partial charge in [0.1, 0.15) is 11.5 Å². The van der Waals surface area contributed by atoms with Gasteiger partial charge >= 0.3 is 0 Å². The van der Waals surface area contributed by atoms with Gasteiger partial charge < -0.3 is 30.4 Å². The molecular weight excluding hydrogens is 442 g/mol. The van der Waals surface area contributed by atoms with E-state index in [0.717, 1.165) is 41.3 Å². The Labute approximate surface area is 200 Å². The lowest BCUT2D eigenvalue weighted by Crippen LogP contribution is -2.28. The van der Waals surface area contributed by atoms with Crippen molar-refractivity contribution >= 4 is 11.8 Å². The number of thioether (sulfide) groups is 1. The second kappa shape index (κ2) is 16.1. The molecule has 1 aromatic heterocycles. The number of aliphatic hydroxyl groups is 1. The third-order valence-electron chi connectivity index (χ3n) is 4.57. The van der Waals surface area contributed by atoms with E-state index in [1.54, 1.807) is 18.8 Å². The summed E-state index contributed by atoms with van der Waals surface area (Å²) < 4.78 is 5.70. The highest BCUT2D eigenvalue weighted by Crippen LogP contribution is 2.16. The van der Waals surface area contributed by atoms with Crippen LogP contribution in [0.4, 0.5) is 0 Å². The molecule has 0 spiro atoms. The Morgan fingerprint density at radius 3 is 2.45 bits per heavy atom. The van der Waals surface area contributed by atoms with E-state index in [1.165, 1.54) is 0 Å². The number of hydrogen-bond acceptors (Lipinski definition) is 9. The zero-order chi connectivity index (χ0) is 24.6. The minimum Gasteiger partial charge on any atom is -0.464 e. The second-order valence-corrected chi connectivity index (χ2v) is 8.70. The second-order valence-electron chi connectivity index (χ2n) is 7.60. The smallest absolute Gasteiger partial charge is 0.274 e. The van der Waals surface area contributed by atoms with Crippen LogP contribution in [0.3, 0.4) is 0 Å².